The van der Waals surface area contributed by atoms with Crippen molar-refractivity contribution in [2.45, 2.75) is 0 Å². The quantitative estimate of drug-likeness (QED) is 0.529. The Balaban J connectivity index is 1.62. The van der Waals surface area contributed by atoms with Crippen molar-refractivity contribution >= 4 is 11.2 Å². The van der Waals surface area contributed by atoms with Crippen LogP contribution in [0.4, 0.5) is 0 Å². The minimum atomic E-state index is 0.666. The Hall–Kier alpha value is -3.61. The molecular weight excluding hydrogens is 316 g/mol. The minimum absolute atomic E-state index is 0.666. The zero-order valence-corrected chi connectivity index (χ0v) is 13.4. The second-order valence-electron chi connectivity index (χ2n) is 5.76. The van der Waals surface area contributed by atoms with Gasteiger partial charge in [-0.05, 0) is 18.2 Å². The molecular formula is C18H14N6O. The summed E-state index contributed by atoms with van der Waals surface area (Å²) in [4.78, 5) is 7.99. The lowest BCUT2D eigenvalue weighted by atomic mass is 10.1. The molecule has 0 saturated carbocycles. The van der Waals surface area contributed by atoms with Gasteiger partial charge in [0.15, 0.2) is 23.0 Å². The first kappa shape index (κ1) is 13.8. The molecule has 25 heavy (non-hydrogen) atoms. The van der Waals surface area contributed by atoms with Crippen molar-refractivity contribution in [2.24, 2.45) is 7.05 Å². The number of H-pyrrole nitrogens is 2. The molecule has 2 N–H and O–H groups in total. The Morgan fingerprint density at radius 2 is 1.84 bits per heavy atom. The monoisotopic (exact) mass is 330 g/mol. The van der Waals surface area contributed by atoms with E-state index in [-0.39, 0.29) is 0 Å². The number of nitrogens with one attached hydrogen (secondary N) is 2. The Morgan fingerprint density at radius 3 is 2.64 bits per heavy atom. The highest BCUT2D eigenvalue weighted by atomic mass is 16.3. The summed E-state index contributed by atoms with van der Waals surface area (Å²) < 4.78 is 7.68. The van der Waals surface area contributed by atoms with E-state index in [2.05, 4.69) is 25.3 Å². The topological polar surface area (TPSA) is 88.3 Å². The lowest BCUT2D eigenvalue weighted by molar-refractivity contribution is 0.590. The first-order valence-electron chi connectivity index (χ1n) is 7.88. The van der Waals surface area contributed by atoms with Gasteiger partial charge < -0.3 is 9.40 Å². The summed E-state index contributed by atoms with van der Waals surface area (Å²) in [6.07, 6.45) is 1.69. The predicted molar refractivity (Wildman–Crippen MR) is 93.6 cm³/mol. The number of fused-ring (bicyclic) bond motifs is 1. The van der Waals surface area contributed by atoms with E-state index in [1.165, 1.54) is 0 Å². The molecule has 4 aromatic heterocycles. The van der Waals surface area contributed by atoms with Crippen LogP contribution >= 0.6 is 0 Å². The third-order valence-corrected chi connectivity index (χ3v) is 4.13. The Bertz CT molecular complexity index is 1150. The Labute approximate surface area is 142 Å². The van der Waals surface area contributed by atoms with Crippen molar-refractivity contribution in [3.63, 3.8) is 0 Å². The highest BCUT2D eigenvalue weighted by Gasteiger charge is 2.18. The maximum absolute atomic E-state index is 5.90. The third kappa shape index (κ3) is 2.17. The van der Waals surface area contributed by atoms with E-state index < -0.39 is 0 Å². The van der Waals surface area contributed by atoms with Gasteiger partial charge in [0, 0.05) is 18.8 Å². The fourth-order valence-electron chi connectivity index (χ4n) is 2.93. The van der Waals surface area contributed by atoms with Crippen LogP contribution in [0.5, 0.6) is 0 Å². The van der Waals surface area contributed by atoms with E-state index in [4.69, 9.17) is 4.42 Å². The van der Waals surface area contributed by atoms with Crippen molar-refractivity contribution in [1.82, 2.24) is 29.9 Å². The number of furan rings is 1. The molecule has 0 atom stereocenters. The summed E-state index contributed by atoms with van der Waals surface area (Å²) in [6.45, 7) is 0. The van der Waals surface area contributed by atoms with Gasteiger partial charge in [-0.25, -0.2) is 9.67 Å². The third-order valence-electron chi connectivity index (χ3n) is 4.13. The average Bonchev–Trinajstić information content (AvgIpc) is 3.41. The van der Waals surface area contributed by atoms with Crippen molar-refractivity contribution in [2.75, 3.05) is 0 Å². The molecule has 5 rings (SSSR count). The van der Waals surface area contributed by atoms with Gasteiger partial charge in [-0.3, -0.25) is 5.10 Å². The normalized spacial score (nSPS) is 11.4. The van der Waals surface area contributed by atoms with Crippen LogP contribution < -0.4 is 0 Å². The molecule has 0 amide bonds. The van der Waals surface area contributed by atoms with Crippen molar-refractivity contribution in [3.8, 4) is 34.3 Å². The summed E-state index contributed by atoms with van der Waals surface area (Å²) in [6, 6.07) is 15.7. The molecule has 122 valence electrons. The zero-order chi connectivity index (χ0) is 16.8. The SMILES string of the molecule is Cn1nc(-c2ccccc2)c2[nH]c(-c3ccc(-c4ccn[nH]4)o3)nc21. The maximum atomic E-state index is 5.90. The van der Waals surface area contributed by atoms with Crippen molar-refractivity contribution in [3.05, 3.63) is 54.7 Å². The first-order valence-corrected chi connectivity index (χ1v) is 7.88. The lowest BCUT2D eigenvalue weighted by Gasteiger charge is -1.96. The van der Waals surface area contributed by atoms with E-state index in [1.54, 1.807) is 10.9 Å². The average molecular weight is 330 g/mol. The molecule has 0 spiro atoms. The van der Waals surface area contributed by atoms with Gasteiger partial charge in [-0.2, -0.15) is 10.2 Å². The first-order chi connectivity index (χ1) is 12.3. The fraction of sp³-hybridized carbons (Fsp3) is 0.0556. The van der Waals surface area contributed by atoms with Crippen molar-refractivity contribution < 1.29 is 4.42 Å². The van der Waals surface area contributed by atoms with Gasteiger partial charge in [0.25, 0.3) is 0 Å². The van der Waals surface area contributed by atoms with Gasteiger partial charge in [0.2, 0.25) is 0 Å². The molecule has 5 aromatic rings. The summed E-state index contributed by atoms with van der Waals surface area (Å²) in [5.41, 5.74) is 4.42. The largest absolute Gasteiger partial charge is 0.451 e. The molecule has 7 heteroatoms. The molecule has 4 heterocycles. The van der Waals surface area contributed by atoms with E-state index in [1.807, 2.05) is 55.6 Å². The van der Waals surface area contributed by atoms with E-state index in [9.17, 15) is 0 Å². The Kier molecular flexibility index (Phi) is 2.87. The number of aromatic nitrogens is 6. The highest BCUT2D eigenvalue weighted by molar-refractivity contribution is 5.90. The molecule has 1 aromatic carbocycles. The second-order valence-corrected chi connectivity index (χ2v) is 5.76. The van der Waals surface area contributed by atoms with E-state index in [0.29, 0.717) is 11.6 Å². The smallest absolute Gasteiger partial charge is 0.177 e. The van der Waals surface area contributed by atoms with Gasteiger partial charge >= 0.3 is 0 Å². The molecule has 0 unspecified atom stereocenters. The molecule has 0 fully saturated rings. The molecule has 0 aliphatic rings. The lowest BCUT2D eigenvalue weighted by Crippen LogP contribution is -1.91. The van der Waals surface area contributed by atoms with Gasteiger partial charge in [-0.15, -0.1) is 0 Å². The summed E-state index contributed by atoms with van der Waals surface area (Å²) in [5.74, 6) is 2.06. The minimum Gasteiger partial charge on any atom is -0.451 e. The number of aryl methyl sites for hydroxylation is 1. The summed E-state index contributed by atoms with van der Waals surface area (Å²) >= 11 is 0. The standard InChI is InChI=1S/C18H14N6O/c1-24-18-16(15(23-24)11-5-3-2-4-6-11)20-17(21-18)14-8-7-13(25-14)12-9-10-19-22-12/h2-10H,1H3,(H,19,22)(H,20,21). The number of aromatic amines is 2. The van der Waals surface area contributed by atoms with Crippen LogP contribution in [0.1, 0.15) is 0 Å². The van der Waals surface area contributed by atoms with Crippen LogP contribution in [0.3, 0.4) is 0 Å². The summed E-state index contributed by atoms with van der Waals surface area (Å²) in [5, 5.41) is 11.4. The predicted octanol–water partition coefficient (Wildman–Crippen LogP) is 3.61. The molecule has 0 saturated heterocycles. The Morgan fingerprint density at radius 1 is 1.00 bits per heavy atom. The highest BCUT2D eigenvalue weighted by Crippen LogP contribution is 2.30. The second kappa shape index (κ2) is 5.20. The number of hydrogen-bond acceptors (Lipinski definition) is 4. The number of rotatable bonds is 3. The molecule has 7 nitrogen and oxygen atoms in total. The van der Waals surface area contributed by atoms with E-state index in [0.717, 1.165) is 33.9 Å². The van der Waals surface area contributed by atoms with Crippen LogP contribution in [-0.2, 0) is 7.05 Å². The van der Waals surface area contributed by atoms with Crippen LogP contribution in [-0.4, -0.2) is 29.9 Å². The number of imidazole rings is 1. The van der Waals surface area contributed by atoms with Crippen LogP contribution in [0.25, 0.3) is 45.5 Å². The summed E-state index contributed by atoms with van der Waals surface area (Å²) in [7, 11) is 1.89. The van der Waals surface area contributed by atoms with Crippen LogP contribution in [0.15, 0.2) is 59.1 Å². The number of nitrogens with zero attached hydrogens (tertiary/aromatic N) is 4. The molecule has 0 aliphatic heterocycles. The fourth-order valence-corrected chi connectivity index (χ4v) is 2.93. The molecule has 0 aliphatic carbocycles. The maximum Gasteiger partial charge on any atom is 0.177 e. The molecule has 0 radical (unpaired) electrons. The van der Waals surface area contributed by atoms with E-state index >= 15 is 0 Å². The van der Waals surface area contributed by atoms with Gasteiger partial charge in [0.05, 0.1) is 0 Å². The van der Waals surface area contributed by atoms with Gasteiger partial charge in [0.1, 0.15) is 16.9 Å². The number of benzene rings is 1. The van der Waals surface area contributed by atoms with Crippen molar-refractivity contribution in [1.29, 1.82) is 0 Å². The number of hydrogen-bond donors (Lipinski definition) is 2. The zero-order valence-electron chi connectivity index (χ0n) is 13.4. The van der Waals surface area contributed by atoms with Crippen LogP contribution in [0.2, 0.25) is 0 Å². The molecule has 0 bridgehead atoms. The van der Waals surface area contributed by atoms with Gasteiger partial charge in [-0.1, -0.05) is 30.3 Å². The van der Waals surface area contributed by atoms with Crippen LogP contribution in [0, 0.1) is 0 Å².